The summed E-state index contributed by atoms with van der Waals surface area (Å²) in [5, 5.41) is 16.8. The molecule has 6 nitrogen and oxygen atoms in total. The van der Waals surface area contributed by atoms with Crippen molar-refractivity contribution >= 4 is 68.3 Å². The predicted molar refractivity (Wildman–Crippen MR) is 262 cm³/mol. The molecule has 8 rings (SSSR count). The summed E-state index contributed by atoms with van der Waals surface area (Å²) >= 11 is 0. The molecule has 0 aliphatic rings. The Morgan fingerprint density at radius 2 is 1.02 bits per heavy atom. The van der Waals surface area contributed by atoms with Gasteiger partial charge in [0.2, 0.25) is 0 Å². The van der Waals surface area contributed by atoms with Crippen LogP contribution in [0.3, 0.4) is 0 Å². The average molecular weight is 1060 g/mol. The third-order valence-electron chi connectivity index (χ3n) is 11.0. The van der Waals surface area contributed by atoms with Gasteiger partial charge >= 0.3 is 6.18 Å². The van der Waals surface area contributed by atoms with Crippen LogP contribution in [0.15, 0.2) is 205 Å². The van der Waals surface area contributed by atoms with Gasteiger partial charge < -0.3 is 18.8 Å². The fourth-order valence-corrected chi connectivity index (χ4v) is 12.7. The maximum atomic E-state index is 13.8. The van der Waals surface area contributed by atoms with Crippen molar-refractivity contribution in [2.45, 2.75) is 52.3 Å². The van der Waals surface area contributed by atoms with Gasteiger partial charge in [0.05, 0.1) is 5.52 Å². The van der Waals surface area contributed by atoms with E-state index in [1.165, 1.54) is 4.57 Å². The van der Waals surface area contributed by atoms with E-state index in [-0.39, 0.29) is 61.3 Å². The molecule has 66 heavy (non-hydrogen) atoms. The predicted octanol–water partition coefficient (Wildman–Crippen LogP) is 12.0. The van der Waals surface area contributed by atoms with E-state index >= 15 is 0 Å². The van der Waals surface area contributed by atoms with Crippen LogP contribution < -0.4 is 32.1 Å². The van der Waals surface area contributed by atoms with Crippen LogP contribution in [0.5, 0.6) is 5.75 Å². The van der Waals surface area contributed by atoms with Crippen LogP contribution in [-0.2, 0) is 15.7 Å². The van der Waals surface area contributed by atoms with E-state index in [0.29, 0.717) is 22.7 Å². The summed E-state index contributed by atoms with van der Waals surface area (Å²) in [6, 6.07) is 58.4. The van der Waals surface area contributed by atoms with Gasteiger partial charge in [-0.2, -0.15) is 13.2 Å². The van der Waals surface area contributed by atoms with E-state index in [9.17, 15) is 37.0 Å². The smallest absolute Gasteiger partial charge is 0.455 e. The van der Waals surface area contributed by atoms with Gasteiger partial charge in [0, 0.05) is 87.8 Å². The van der Waals surface area contributed by atoms with Crippen molar-refractivity contribution in [1.82, 2.24) is 4.57 Å². The minimum atomic E-state index is -5.26. The van der Waals surface area contributed by atoms with Crippen molar-refractivity contribution in [2.75, 3.05) is 0 Å². The Kier molecular flexibility index (Phi) is 18.7. The van der Waals surface area contributed by atoms with Crippen LogP contribution in [0.1, 0.15) is 49.9 Å². The minimum Gasteiger partial charge on any atom is -0.506 e. The molecule has 1 heterocycles. The topological polar surface area (TPSA) is 93.4 Å². The van der Waals surface area contributed by atoms with Crippen LogP contribution in [0.25, 0.3) is 21.7 Å². The molecule has 1 aromatic heterocycles. The number of rotatable bonds is 12. The Bertz CT molecular complexity index is 2890. The second-order valence-electron chi connectivity index (χ2n) is 15.4. The fourth-order valence-electron chi connectivity index (χ4n) is 7.70. The van der Waals surface area contributed by atoms with E-state index < -0.39 is 43.1 Å². The summed E-state index contributed by atoms with van der Waals surface area (Å²) in [4.78, 5) is 24.7. The molecule has 7 aromatic carbocycles. The van der Waals surface area contributed by atoms with Crippen molar-refractivity contribution in [3.05, 3.63) is 216 Å². The normalized spacial score (nSPS) is 11.3. The first-order valence-electron chi connectivity index (χ1n) is 21.3. The summed E-state index contributed by atoms with van der Waals surface area (Å²) in [7, 11) is -5.47. The van der Waals surface area contributed by atoms with Gasteiger partial charge in [-0.05, 0) is 35.5 Å². The van der Waals surface area contributed by atoms with Crippen LogP contribution >= 0.6 is 14.3 Å². The quantitative estimate of drug-likeness (QED) is 0.0569. The Morgan fingerprint density at radius 3 is 1.42 bits per heavy atom. The molecule has 0 aliphatic carbocycles. The molecule has 0 spiro atoms. The number of Topliss-reactive ketones (excluding diaryl/α,β-unsaturated/α-hetero) is 1. The van der Waals surface area contributed by atoms with Crippen molar-refractivity contribution in [2.24, 2.45) is 0 Å². The van der Waals surface area contributed by atoms with Gasteiger partial charge in [0.1, 0.15) is 11.3 Å². The maximum absolute atomic E-state index is 13.8. The van der Waals surface area contributed by atoms with Gasteiger partial charge in [-0.15, -0.1) is 0 Å². The van der Waals surface area contributed by atoms with Gasteiger partial charge in [0.25, 0.3) is 11.3 Å². The number of benzene rings is 7. The number of fused-ring (bicyclic) bond motifs is 3. The number of halogens is 3. The number of hydrogen-bond acceptors (Lipinski definition) is 5. The number of ketones is 1. The Labute approximate surface area is 424 Å². The molecule has 0 atom stereocenters. The number of allylic oxidation sites excluding steroid dienone is 1. The molecule has 8 aromatic rings. The molecule has 0 aliphatic heterocycles. The Hall–Kier alpha value is -4.95. The number of aromatic hydroxyl groups is 1. The van der Waals surface area contributed by atoms with E-state index in [4.69, 9.17) is 0 Å². The number of carbonyl (C=O) groups is 1. The van der Waals surface area contributed by atoms with Crippen LogP contribution in [0.4, 0.5) is 13.2 Å². The molecule has 0 amide bonds. The van der Waals surface area contributed by atoms with Gasteiger partial charge in [-0.25, -0.2) is 0 Å². The van der Waals surface area contributed by atoms with Crippen LogP contribution in [0, 0.1) is 49.4 Å². The van der Waals surface area contributed by atoms with Crippen molar-refractivity contribution in [3.8, 4) is 5.75 Å². The SMILES string of the molecule is C=C(C)P(=O)(c1ccccc1)c1ccccc1.CCCCCCn1c(=O)c(C(=O)C(F)(F)F)c(O)c2c3ccccc3ccc21.O=P(c1ccccc1)(c1ccccc1)c1ccccc1.[Eu]. The fraction of sp³-hybridized carbons (Fsp3) is 0.148. The van der Waals surface area contributed by atoms with Gasteiger partial charge in [-0.3, -0.25) is 9.59 Å². The Morgan fingerprint density at radius 1 is 0.606 bits per heavy atom. The molecule has 339 valence electrons. The minimum absolute atomic E-state index is 0. The summed E-state index contributed by atoms with van der Waals surface area (Å²) in [6.45, 7) is 7.95. The number of aromatic nitrogens is 1. The molecule has 0 fully saturated rings. The molecule has 0 saturated heterocycles. The third-order valence-corrected chi connectivity index (χ3v) is 17.2. The zero-order valence-electron chi connectivity index (χ0n) is 36.6. The largest absolute Gasteiger partial charge is 0.506 e. The number of hydrogen-bond donors (Lipinski definition) is 1. The first-order chi connectivity index (χ1) is 31.2. The molecule has 1 radical (unpaired) electrons. The number of nitrogens with zero attached hydrogens (tertiary/aromatic N) is 1. The average Bonchev–Trinajstić information content (AvgIpc) is 3.34. The second kappa shape index (κ2) is 23.7. The zero-order chi connectivity index (χ0) is 46.6. The van der Waals surface area contributed by atoms with E-state index in [1.54, 1.807) is 36.4 Å². The van der Waals surface area contributed by atoms with Gasteiger partial charge in [0.15, 0.2) is 14.3 Å². The van der Waals surface area contributed by atoms with Crippen LogP contribution in [0.2, 0.25) is 0 Å². The summed E-state index contributed by atoms with van der Waals surface area (Å²) in [5.74, 6) is -3.24. The van der Waals surface area contributed by atoms with E-state index in [1.807, 2.05) is 166 Å². The van der Waals surface area contributed by atoms with Crippen LogP contribution in [-0.4, -0.2) is 21.6 Å². The first kappa shape index (κ1) is 52.0. The number of pyridine rings is 1. The standard InChI is InChI=1S/C21H20F3NO3.C18H15OP.C15H15OP.Eu/c1-2-3-4-7-12-25-15-11-10-13-8-5-6-9-14(13)16(15)18(26)17(20(25)28)19(27)21(22,23)24;19-20(16-10-4-1-5-11-16,17-12-6-2-7-13-17)18-14-8-3-9-15-18;1-13(2)17(16,14-9-5-3-6-10-14)15-11-7-4-8-12-15;/h5-6,8-11,26H,2-4,7,12H2,1H3;1-15H;3-12H,1H2,2H3;. The number of carbonyl (C=O) groups excluding carboxylic acids is 1. The number of unbranched alkanes of at least 4 members (excludes halogenated alkanes) is 3. The molecule has 0 unspecified atom stereocenters. The number of aryl methyl sites for hydroxylation is 1. The number of alkyl halides is 3. The van der Waals surface area contributed by atoms with Gasteiger partial charge in [-0.1, -0.05) is 215 Å². The van der Waals surface area contributed by atoms with Crippen molar-refractivity contribution < 1.29 is 81.6 Å². The summed E-state index contributed by atoms with van der Waals surface area (Å²) in [5.41, 5.74) is -2.01. The molecule has 0 saturated carbocycles. The van der Waals surface area contributed by atoms with Crippen molar-refractivity contribution in [3.63, 3.8) is 0 Å². The van der Waals surface area contributed by atoms with Crippen molar-refractivity contribution in [1.29, 1.82) is 0 Å². The molecular formula is C54H50EuF3NO5P2. The van der Waals surface area contributed by atoms with E-state index in [0.717, 1.165) is 51.1 Å². The summed E-state index contributed by atoms with van der Waals surface area (Å²) in [6.07, 6.45) is -1.97. The molecular weight excluding hydrogens is 1010 g/mol. The maximum Gasteiger partial charge on any atom is 0.455 e. The Balaban J connectivity index is 0.000000191. The second-order valence-corrected chi connectivity index (χ2v) is 21.2. The summed E-state index contributed by atoms with van der Waals surface area (Å²) < 4.78 is 67.5. The van der Waals surface area contributed by atoms with E-state index in [2.05, 4.69) is 6.58 Å². The molecule has 1 N–H and O–H groups in total. The zero-order valence-corrected chi connectivity index (χ0v) is 40.8. The third kappa shape index (κ3) is 11.6. The molecule has 0 bridgehead atoms. The molecule has 12 heteroatoms. The monoisotopic (exact) mass is 1060 g/mol. The first-order valence-corrected chi connectivity index (χ1v) is 24.7.